The summed E-state index contributed by atoms with van der Waals surface area (Å²) >= 11 is 0. The van der Waals surface area contributed by atoms with E-state index in [2.05, 4.69) is 10.2 Å². The van der Waals surface area contributed by atoms with Gasteiger partial charge in [-0.3, -0.25) is 4.79 Å². The lowest BCUT2D eigenvalue weighted by atomic mass is 10.3. The molecule has 1 aliphatic rings. The van der Waals surface area contributed by atoms with E-state index in [9.17, 15) is 18.0 Å². The molecule has 1 aliphatic heterocycles. The van der Waals surface area contributed by atoms with Gasteiger partial charge in [-0.25, -0.2) is 0 Å². The van der Waals surface area contributed by atoms with E-state index in [1.54, 1.807) is 0 Å². The molecule has 6 nitrogen and oxygen atoms in total. The van der Waals surface area contributed by atoms with Crippen LogP contribution in [0.5, 0.6) is 0 Å². The summed E-state index contributed by atoms with van der Waals surface area (Å²) in [6.45, 7) is 0.526. The van der Waals surface area contributed by atoms with Crippen LogP contribution in [0.15, 0.2) is 0 Å². The Balaban J connectivity index is 2.17. The summed E-state index contributed by atoms with van der Waals surface area (Å²) in [5, 5.41) is 6.62. The summed E-state index contributed by atoms with van der Waals surface area (Å²) in [5.74, 6) is -1.04. The molecule has 1 aromatic rings. The first-order valence-corrected chi connectivity index (χ1v) is 5.40. The number of carbonyl (C=O) groups is 1. The van der Waals surface area contributed by atoms with Crippen LogP contribution >= 0.6 is 0 Å². The highest BCUT2D eigenvalue weighted by Gasteiger charge is 2.39. The van der Waals surface area contributed by atoms with Gasteiger partial charge in [0.15, 0.2) is 5.82 Å². The quantitative estimate of drug-likeness (QED) is 0.814. The minimum atomic E-state index is -4.52. The highest BCUT2D eigenvalue weighted by atomic mass is 19.4. The molecule has 18 heavy (non-hydrogen) atoms. The minimum absolute atomic E-state index is 0.0436. The largest absolute Gasteiger partial charge is 0.451 e. The van der Waals surface area contributed by atoms with Gasteiger partial charge in [-0.05, 0) is 0 Å². The Hall–Kier alpha value is -1.64. The maximum Gasteiger partial charge on any atom is 0.451 e. The molecule has 0 saturated carbocycles. The lowest BCUT2D eigenvalue weighted by Gasteiger charge is -2.27. The molecule has 0 unspecified atom stereocenters. The average molecular weight is 263 g/mol. The van der Waals surface area contributed by atoms with Crippen molar-refractivity contribution in [3.05, 3.63) is 11.6 Å². The Labute approximate surface area is 101 Å². The monoisotopic (exact) mass is 263 g/mol. The van der Waals surface area contributed by atoms with Crippen molar-refractivity contribution in [1.29, 1.82) is 0 Å². The molecule has 9 heteroatoms. The predicted molar refractivity (Wildman–Crippen MR) is 54.1 cm³/mol. The van der Waals surface area contributed by atoms with Crippen molar-refractivity contribution in [2.75, 3.05) is 13.1 Å². The van der Waals surface area contributed by atoms with Gasteiger partial charge in [0.2, 0.25) is 11.7 Å². The van der Waals surface area contributed by atoms with Crippen molar-refractivity contribution in [2.45, 2.75) is 25.7 Å². The zero-order valence-corrected chi connectivity index (χ0v) is 9.44. The van der Waals surface area contributed by atoms with E-state index in [1.807, 2.05) is 0 Å². The number of amides is 1. The lowest BCUT2D eigenvalue weighted by molar-refractivity contribution is -0.148. The van der Waals surface area contributed by atoms with E-state index in [0.717, 1.165) is 4.57 Å². The third kappa shape index (κ3) is 2.30. The SMILES string of the molecule is NCCC(=O)N1CCn2c(nnc2C(F)(F)F)C1. The first kappa shape index (κ1) is 12.8. The molecule has 0 spiro atoms. The lowest BCUT2D eigenvalue weighted by Crippen LogP contribution is -2.40. The number of hydrogen-bond acceptors (Lipinski definition) is 4. The molecule has 0 aromatic carbocycles. The summed E-state index contributed by atoms with van der Waals surface area (Å²) in [4.78, 5) is 13.0. The van der Waals surface area contributed by atoms with Gasteiger partial charge in [0.25, 0.3) is 0 Å². The summed E-state index contributed by atoms with van der Waals surface area (Å²) in [6, 6.07) is 0. The van der Waals surface area contributed by atoms with Gasteiger partial charge >= 0.3 is 6.18 Å². The van der Waals surface area contributed by atoms with Crippen LogP contribution < -0.4 is 5.73 Å². The Kier molecular flexibility index (Phi) is 3.24. The minimum Gasteiger partial charge on any atom is -0.333 e. The molecule has 0 saturated heterocycles. The van der Waals surface area contributed by atoms with Crippen LogP contribution in [0.4, 0.5) is 13.2 Å². The Morgan fingerprint density at radius 2 is 2.06 bits per heavy atom. The Morgan fingerprint density at radius 1 is 1.33 bits per heavy atom. The number of halogens is 3. The summed E-state index contributed by atoms with van der Waals surface area (Å²) < 4.78 is 38.7. The highest BCUT2D eigenvalue weighted by molar-refractivity contribution is 5.76. The molecule has 2 rings (SSSR count). The van der Waals surface area contributed by atoms with Crippen LogP contribution in [-0.2, 0) is 24.1 Å². The summed E-state index contributed by atoms with van der Waals surface area (Å²) in [6.07, 6.45) is -4.34. The number of aromatic nitrogens is 3. The number of fused-ring (bicyclic) bond motifs is 1. The second kappa shape index (κ2) is 4.56. The van der Waals surface area contributed by atoms with E-state index in [4.69, 9.17) is 5.73 Å². The van der Waals surface area contributed by atoms with Crippen LogP contribution in [0.2, 0.25) is 0 Å². The molecular formula is C9H12F3N5O. The van der Waals surface area contributed by atoms with Crippen LogP contribution in [0.1, 0.15) is 18.1 Å². The molecule has 0 atom stereocenters. The molecule has 0 aliphatic carbocycles. The molecule has 0 fully saturated rings. The number of carbonyl (C=O) groups excluding carboxylic acids is 1. The van der Waals surface area contributed by atoms with Gasteiger partial charge in [-0.1, -0.05) is 0 Å². The van der Waals surface area contributed by atoms with Crippen LogP contribution in [-0.4, -0.2) is 38.7 Å². The normalized spacial score (nSPS) is 15.7. The first-order valence-electron chi connectivity index (χ1n) is 5.40. The third-order valence-corrected chi connectivity index (χ3v) is 2.72. The van der Waals surface area contributed by atoms with E-state index in [1.165, 1.54) is 4.90 Å². The average Bonchev–Trinajstić information content (AvgIpc) is 2.71. The highest BCUT2D eigenvalue weighted by Crippen LogP contribution is 2.29. The van der Waals surface area contributed by atoms with Crippen molar-refractivity contribution in [1.82, 2.24) is 19.7 Å². The number of nitrogens with zero attached hydrogens (tertiary/aromatic N) is 4. The van der Waals surface area contributed by atoms with Crippen molar-refractivity contribution >= 4 is 5.91 Å². The van der Waals surface area contributed by atoms with Gasteiger partial charge < -0.3 is 15.2 Å². The van der Waals surface area contributed by atoms with Gasteiger partial charge in [0, 0.05) is 26.1 Å². The molecule has 2 heterocycles. The van der Waals surface area contributed by atoms with E-state index in [0.29, 0.717) is 0 Å². The molecule has 0 radical (unpaired) electrons. The van der Waals surface area contributed by atoms with E-state index < -0.39 is 12.0 Å². The smallest absolute Gasteiger partial charge is 0.333 e. The topological polar surface area (TPSA) is 77.0 Å². The zero-order valence-electron chi connectivity index (χ0n) is 9.44. The van der Waals surface area contributed by atoms with Gasteiger partial charge in [-0.15, -0.1) is 10.2 Å². The molecule has 100 valence electrons. The number of rotatable bonds is 2. The molecule has 2 N–H and O–H groups in total. The number of hydrogen-bond donors (Lipinski definition) is 1. The van der Waals surface area contributed by atoms with E-state index >= 15 is 0 Å². The molecular weight excluding hydrogens is 251 g/mol. The van der Waals surface area contributed by atoms with Crippen molar-refractivity contribution in [3.8, 4) is 0 Å². The summed E-state index contributed by atoms with van der Waals surface area (Å²) in [7, 11) is 0. The van der Waals surface area contributed by atoms with Crippen molar-refractivity contribution in [3.63, 3.8) is 0 Å². The van der Waals surface area contributed by atoms with Gasteiger partial charge in [0.05, 0.1) is 6.54 Å². The Bertz CT molecular complexity index is 456. The second-order valence-electron chi connectivity index (χ2n) is 3.94. The summed E-state index contributed by atoms with van der Waals surface area (Å²) in [5.41, 5.74) is 5.26. The molecule has 1 amide bonds. The molecule has 1 aromatic heterocycles. The standard InChI is InChI=1S/C9H12F3N5O/c10-9(11,12)8-15-14-6-5-16(3-4-17(6)8)7(18)1-2-13/h1-5,13H2. The fraction of sp³-hybridized carbons (Fsp3) is 0.667. The fourth-order valence-electron chi connectivity index (χ4n) is 1.86. The van der Waals surface area contributed by atoms with Crippen LogP contribution in [0.25, 0.3) is 0 Å². The first-order chi connectivity index (χ1) is 8.43. The van der Waals surface area contributed by atoms with Gasteiger partial charge in [0.1, 0.15) is 0 Å². The maximum absolute atomic E-state index is 12.6. The second-order valence-corrected chi connectivity index (χ2v) is 3.94. The van der Waals surface area contributed by atoms with Crippen molar-refractivity contribution < 1.29 is 18.0 Å². The zero-order chi connectivity index (χ0) is 13.3. The number of nitrogens with two attached hydrogens (primary N) is 1. The van der Waals surface area contributed by atoms with Crippen molar-refractivity contribution in [2.24, 2.45) is 5.73 Å². The van der Waals surface area contributed by atoms with E-state index in [-0.39, 0.29) is 44.3 Å². The fourth-order valence-corrected chi connectivity index (χ4v) is 1.86. The maximum atomic E-state index is 12.6. The predicted octanol–water partition coefficient (Wildman–Crippen LogP) is -0.0121. The third-order valence-electron chi connectivity index (χ3n) is 2.72. The number of alkyl halides is 3. The van der Waals surface area contributed by atoms with Crippen LogP contribution in [0.3, 0.4) is 0 Å². The molecule has 0 bridgehead atoms. The Morgan fingerprint density at radius 3 is 2.67 bits per heavy atom. The van der Waals surface area contributed by atoms with Gasteiger partial charge in [-0.2, -0.15) is 13.2 Å². The van der Waals surface area contributed by atoms with Crippen LogP contribution in [0, 0.1) is 0 Å².